The third-order valence-corrected chi connectivity index (χ3v) is 2.19. The molecule has 0 heterocycles. The molecule has 0 fully saturated rings. The molecule has 3 heteroatoms. The Balaban J connectivity index is 3.02. The third kappa shape index (κ3) is 1.18. The lowest BCUT2D eigenvalue weighted by Crippen LogP contribution is -2.40. The highest BCUT2D eigenvalue weighted by Gasteiger charge is 2.41. The molecule has 2 unspecified atom stereocenters. The molecule has 2 atom stereocenters. The van der Waals surface area contributed by atoms with Gasteiger partial charge in [-0.05, 0) is 6.08 Å². The van der Waals surface area contributed by atoms with Gasteiger partial charge in [-0.15, -0.1) is 6.58 Å². The predicted octanol–water partition coefficient (Wildman–Crippen LogP) is 1.95. The van der Waals surface area contributed by atoms with Crippen molar-refractivity contribution < 1.29 is 4.92 Å². The van der Waals surface area contributed by atoms with Crippen molar-refractivity contribution in [3.8, 4) is 0 Å². The van der Waals surface area contributed by atoms with Crippen LogP contribution in [0.1, 0.15) is 6.92 Å². The SMILES string of the molecule is C=CC1C=CC=CC1(C)[N+](=O)[O-]. The van der Waals surface area contributed by atoms with Crippen LogP contribution < -0.4 is 0 Å². The molecule has 0 N–H and O–H groups in total. The van der Waals surface area contributed by atoms with Gasteiger partial charge in [0.2, 0.25) is 5.54 Å². The van der Waals surface area contributed by atoms with Crippen molar-refractivity contribution in [3.05, 3.63) is 47.1 Å². The Hall–Kier alpha value is -1.38. The molecule has 0 bridgehead atoms. The van der Waals surface area contributed by atoms with E-state index in [1.807, 2.05) is 0 Å². The molecule has 0 saturated carbocycles. The van der Waals surface area contributed by atoms with Crippen molar-refractivity contribution in [1.82, 2.24) is 0 Å². The zero-order chi connectivity index (χ0) is 9.19. The van der Waals surface area contributed by atoms with Crippen molar-refractivity contribution in [2.24, 2.45) is 5.92 Å². The second-order valence-electron chi connectivity index (χ2n) is 2.99. The van der Waals surface area contributed by atoms with E-state index in [0.717, 1.165) is 0 Å². The van der Waals surface area contributed by atoms with Crippen LogP contribution in [0.25, 0.3) is 0 Å². The average Bonchev–Trinajstić information content (AvgIpc) is 2.05. The van der Waals surface area contributed by atoms with Crippen LogP contribution >= 0.6 is 0 Å². The lowest BCUT2D eigenvalue weighted by molar-refractivity contribution is -0.556. The lowest BCUT2D eigenvalue weighted by atomic mass is 9.83. The molecule has 0 aromatic carbocycles. The van der Waals surface area contributed by atoms with Gasteiger partial charge in [0.1, 0.15) is 0 Å². The monoisotopic (exact) mass is 165 g/mol. The maximum absolute atomic E-state index is 10.7. The van der Waals surface area contributed by atoms with Gasteiger partial charge in [-0.2, -0.15) is 0 Å². The third-order valence-electron chi connectivity index (χ3n) is 2.19. The van der Waals surface area contributed by atoms with Gasteiger partial charge < -0.3 is 0 Å². The standard InChI is InChI=1S/C9H11NO2/c1-3-8-6-4-5-7-9(8,2)10(11)12/h3-8H,1H2,2H3. The first-order chi connectivity index (χ1) is 5.61. The smallest absolute Gasteiger partial charge is 0.247 e. The van der Waals surface area contributed by atoms with Gasteiger partial charge in [0, 0.05) is 11.8 Å². The van der Waals surface area contributed by atoms with Crippen LogP contribution in [0.2, 0.25) is 0 Å². The highest BCUT2D eigenvalue weighted by molar-refractivity contribution is 5.23. The summed E-state index contributed by atoms with van der Waals surface area (Å²) in [5.41, 5.74) is -1.02. The Bertz CT molecular complexity index is 268. The predicted molar refractivity (Wildman–Crippen MR) is 47.4 cm³/mol. The molecule has 64 valence electrons. The zero-order valence-electron chi connectivity index (χ0n) is 6.93. The van der Waals surface area contributed by atoms with Crippen molar-refractivity contribution in [2.75, 3.05) is 0 Å². The molecule has 0 aliphatic heterocycles. The van der Waals surface area contributed by atoms with Crippen LogP contribution in [0.15, 0.2) is 37.0 Å². The molecule has 0 radical (unpaired) electrons. The topological polar surface area (TPSA) is 43.1 Å². The molecular formula is C9H11NO2. The summed E-state index contributed by atoms with van der Waals surface area (Å²) in [4.78, 5) is 10.4. The molecule has 0 saturated heterocycles. The van der Waals surface area contributed by atoms with Gasteiger partial charge in [0.25, 0.3) is 0 Å². The Labute approximate surface area is 71.2 Å². The maximum Gasteiger partial charge on any atom is 0.247 e. The molecular weight excluding hydrogens is 154 g/mol. The first-order valence-electron chi connectivity index (χ1n) is 3.74. The Morgan fingerprint density at radius 2 is 2.33 bits per heavy atom. The van der Waals surface area contributed by atoms with Gasteiger partial charge in [0.05, 0.1) is 5.92 Å². The van der Waals surface area contributed by atoms with E-state index < -0.39 is 5.54 Å². The summed E-state index contributed by atoms with van der Waals surface area (Å²) in [6.45, 7) is 5.17. The highest BCUT2D eigenvalue weighted by Crippen LogP contribution is 2.27. The maximum atomic E-state index is 10.7. The molecule has 1 rings (SSSR count). The second-order valence-corrected chi connectivity index (χ2v) is 2.99. The van der Waals surface area contributed by atoms with Crippen LogP contribution in [-0.2, 0) is 0 Å². The normalized spacial score (nSPS) is 33.2. The number of allylic oxidation sites excluding steroid dienone is 2. The number of hydrogen-bond acceptors (Lipinski definition) is 2. The van der Waals surface area contributed by atoms with Crippen molar-refractivity contribution in [1.29, 1.82) is 0 Å². The van der Waals surface area contributed by atoms with Crippen LogP contribution in [0.3, 0.4) is 0 Å². The summed E-state index contributed by atoms with van der Waals surface area (Å²) in [7, 11) is 0. The molecule has 3 nitrogen and oxygen atoms in total. The van der Waals surface area contributed by atoms with Crippen LogP contribution in [0.5, 0.6) is 0 Å². The first-order valence-corrected chi connectivity index (χ1v) is 3.74. The van der Waals surface area contributed by atoms with Gasteiger partial charge in [-0.3, -0.25) is 10.1 Å². The molecule has 0 amide bonds. The summed E-state index contributed by atoms with van der Waals surface area (Å²) in [5, 5.41) is 10.7. The van der Waals surface area contributed by atoms with E-state index in [2.05, 4.69) is 6.58 Å². The summed E-state index contributed by atoms with van der Waals surface area (Å²) < 4.78 is 0. The van der Waals surface area contributed by atoms with Gasteiger partial charge >= 0.3 is 0 Å². The van der Waals surface area contributed by atoms with E-state index in [4.69, 9.17) is 0 Å². The van der Waals surface area contributed by atoms with Crippen LogP contribution in [0, 0.1) is 16.0 Å². The average molecular weight is 165 g/mol. The molecule has 1 aliphatic rings. The van der Waals surface area contributed by atoms with Gasteiger partial charge in [0.15, 0.2) is 0 Å². The van der Waals surface area contributed by atoms with Crippen LogP contribution in [-0.4, -0.2) is 10.5 Å². The van der Waals surface area contributed by atoms with E-state index in [1.54, 1.807) is 37.3 Å². The number of rotatable bonds is 2. The van der Waals surface area contributed by atoms with E-state index in [-0.39, 0.29) is 10.8 Å². The fourth-order valence-corrected chi connectivity index (χ4v) is 1.24. The zero-order valence-corrected chi connectivity index (χ0v) is 6.93. The van der Waals surface area contributed by atoms with Gasteiger partial charge in [-0.1, -0.05) is 24.3 Å². The van der Waals surface area contributed by atoms with Crippen LogP contribution in [0.4, 0.5) is 0 Å². The summed E-state index contributed by atoms with van der Waals surface area (Å²) in [6, 6.07) is 0. The number of nitro groups is 1. The Morgan fingerprint density at radius 3 is 2.75 bits per heavy atom. The van der Waals surface area contributed by atoms with E-state index >= 15 is 0 Å². The molecule has 0 spiro atoms. The van der Waals surface area contributed by atoms with E-state index in [1.165, 1.54) is 0 Å². The second kappa shape index (κ2) is 2.93. The van der Waals surface area contributed by atoms with Crippen molar-refractivity contribution in [3.63, 3.8) is 0 Å². The highest BCUT2D eigenvalue weighted by atomic mass is 16.6. The summed E-state index contributed by atoms with van der Waals surface area (Å²) in [5.74, 6) is -0.211. The first kappa shape index (κ1) is 8.71. The van der Waals surface area contributed by atoms with E-state index in [0.29, 0.717) is 0 Å². The molecule has 1 aliphatic carbocycles. The minimum absolute atomic E-state index is 0.211. The van der Waals surface area contributed by atoms with Crippen molar-refractivity contribution in [2.45, 2.75) is 12.5 Å². The minimum Gasteiger partial charge on any atom is -0.264 e. The largest absolute Gasteiger partial charge is 0.264 e. The Morgan fingerprint density at radius 1 is 1.67 bits per heavy atom. The van der Waals surface area contributed by atoms with Crippen molar-refractivity contribution >= 4 is 0 Å². The molecule has 0 aromatic heterocycles. The lowest BCUT2D eigenvalue weighted by Gasteiger charge is -2.24. The fraction of sp³-hybridized carbons (Fsp3) is 0.333. The quantitative estimate of drug-likeness (QED) is 0.356. The fourth-order valence-electron chi connectivity index (χ4n) is 1.24. The summed E-state index contributed by atoms with van der Waals surface area (Å²) >= 11 is 0. The number of nitrogens with zero attached hydrogens (tertiary/aromatic N) is 1. The summed E-state index contributed by atoms with van der Waals surface area (Å²) in [6.07, 6.45) is 8.48. The minimum atomic E-state index is -1.02. The van der Waals surface area contributed by atoms with Gasteiger partial charge in [-0.25, -0.2) is 0 Å². The Kier molecular flexibility index (Phi) is 2.13. The molecule has 12 heavy (non-hydrogen) atoms. The number of hydrogen-bond donors (Lipinski definition) is 0. The van der Waals surface area contributed by atoms with E-state index in [9.17, 15) is 10.1 Å². The molecule has 0 aromatic rings.